The first-order valence-electron chi connectivity index (χ1n) is 6.39. The molecule has 0 spiro atoms. The van der Waals surface area contributed by atoms with E-state index in [1.54, 1.807) is 5.54 Å². The molecule has 1 rings (SSSR count). The molecule has 0 amide bonds. The van der Waals surface area contributed by atoms with E-state index < -0.39 is 0 Å². The summed E-state index contributed by atoms with van der Waals surface area (Å²) < 4.78 is 0. The zero-order valence-electron chi connectivity index (χ0n) is 10.8. The summed E-state index contributed by atoms with van der Waals surface area (Å²) in [6.45, 7) is 11.1. The highest BCUT2D eigenvalue weighted by molar-refractivity contribution is 6.25. The van der Waals surface area contributed by atoms with Crippen molar-refractivity contribution in [2.45, 2.75) is 39.7 Å². The molecule has 2 unspecified atom stereocenters. The van der Waals surface area contributed by atoms with E-state index in [1.807, 2.05) is 0 Å². The Balaban J connectivity index is 2.40. The molecule has 0 saturated carbocycles. The van der Waals surface area contributed by atoms with Crippen molar-refractivity contribution >= 4 is 11.6 Å². The first-order chi connectivity index (χ1) is 7.67. The summed E-state index contributed by atoms with van der Waals surface area (Å²) in [6.07, 6.45) is 2.67. The average Bonchev–Trinajstić information content (AvgIpc) is 2.29. The van der Waals surface area contributed by atoms with Gasteiger partial charge < -0.3 is 5.32 Å². The van der Waals surface area contributed by atoms with Crippen LogP contribution in [0.15, 0.2) is 11.1 Å². The fourth-order valence-electron chi connectivity index (χ4n) is 2.52. The van der Waals surface area contributed by atoms with Crippen molar-refractivity contribution in [2.75, 3.05) is 26.2 Å². The van der Waals surface area contributed by atoms with Gasteiger partial charge in [-0.15, -0.1) is 0 Å². The Morgan fingerprint density at radius 2 is 2.38 bits per heavy atom. The topological polar surface area (TPSA) is 15.3 Å². The van der Waals surface area contributed by atoms with Crippen LogP contribution >= 0.6 is 11.6 Å². The van der Waals surface area contributed by atoms with Gasteiger partial charge in [-0.2, -0.15) is 0 Å². The number of piperidine rings is 1. The SMILES string of the molecule is CCNC(C)C1CCCN(CC(C)=CCl)C1. The van der Waals surface area contributed by atoms with Gasteiger partial charge in [-0.1, -0.05) is 18.5 Å². The van der Waals surface area contributed by atoms with E-state index in [0.717, 1.165) is 19.0 Å². The largest absolute Gasteiger partial charge is 0.314 e. The van der Waals surface area contributed by atoms with Crippen molar-refractivity contribution in [3.63, 3.8) is 0 Å². The van der Waals surface area contributed by atoms with Crippen LogP contribution in [0.2, 0.25) is 0 Å². The summed E-state index contributed by atoms with van der Waals surface area (Å²) in [7, 11) is 0. The highest BCUT2D eigenvalue weighted by Crippen LogP contribution is 2.20. The number of nitrogens with zero attached hydrogens (tertiary/aromatic N) is 1. The first kappa shape index (κ1) is 14.0. The van der Waals surface area contributed by atoms with Crippen molar-refractivity contribution in [3.8, 4) is 0 Å². The molecular weight excluding hydrogens is 220 g/mol. The monoisotopic (exact) mass is 244 g/mol. The van der Waals surface area contributed by atoms with Crippen LogP contribution in [0.25, 0.3) is 0 Å². The molecule has 0 aromatic carbocycles. The number of hydrogen-bond acceptors (Lipinski definition) is 2. The molecule has 0 aliphatic carbocycles. The molecular formula is C13H25ClN2. The number of nitrogens with one attached hydrogen (secondary N) is 1. The summed E-state index contributed by atoms with van der Waals surface area (Å²) in [6, 6.07) is 0.632. The average molecular weight is 245 g/mol. The number of halogens is 1. The summed E-state index contributed by atoms with van der Waals surface area (Å²) in [5.41, 5.74) is 2.97. The Hall–Kier alpha value is -0.0500. The van der Waals surface area contributed by atoms with Crippen LogP contribution in [-0.2, 0) is 0 Å². The standard InChI is InChI=1S/C13H25ClN2/c1-4-15-12(3)13-6-5-7-16(10-13)9-11(2)8-14/h8,12-13,15H,4-7,9-10H2,1-3H3. The van der Waals surface area contributed by atoms with Gasteiger partial charge in [0, 0.05) is 24.7 Å². The number of rotatable bonds is 5. The zero-order chi connectivity index (χ0) is 12.0. The zero-order valence-corrected chi connectivity index (χ0v) is 11.6. The van der Waals surface area contributed by atoms with Gasteiger partial charge in [-0.05, 0) is 51.3 Å². The number of likely N-dealkylation sites (tertiary alicyclic amines) is 1. The summed E-state index contributed by atoms with van der Waals surface area (Å²) in [4.78, 5) is 2.52. The second-order valence-electron chi connectivity index (χ2n) is 4.94. The molecule has 2 nitrogen and oxygen atoms in total. The maximum Gasteiger partial charge on any atom is 0.0201 e. The van der Waals surface area contributed by atoms with Crippen LogP contribution in [0.3, 0.4) is 0 Å². The molecule has 1 saturated heterocycles. The van der Waals surface area contributed by atoms with Crippen molar-refractivity contribution in [2.24, 2.45) is 5.92 Å². The van der Waals surface area contributed by atoms with E-state index in [9.17, 15) is 0 Å². The third-order valence-electron chi connectivity index (χ3n) is 3.43. The van der Waals surface area contributed by atoms with Gasteiger partial charge in [0.05, 0.1) is 0 Å². The molecule has 1 heterocycles. The molecule has 1 aliphatic rings. The fourth-order valence-corrected chi connectivity index (χ4v) is 2.59. The lowest BCUT2D eigenvalue weighted by molar-refractivity contribution is 0.162. The first-order valence-corrected chi connectivity index (χ1v) is 6.82. The third kappa shape index (κ3) is 4.44. The highest BCUT2D eigenvalue weighted by Gasteiger charge is 2.23. The quantitative estimate of drug-likeness (QED) is 0.800. The molecule has 0 radical (unpaired) electrons. The second kappa shape index (κ2) is 7.31. The Morgan fingerprint density at radius 1 is 1.62 bits per heavy atom. The molecule has 3 heteroatoms. The predicted octanol–water partition coefficient (Wildman–Crippen LogP) is 2.84. The van der Waals surface area contributed by atoms with E-state index in [1.165, 1.54) is 31.5 Å². The van der Waals surface area contributed by atoms with Gasteiger partial charge in [-0.3, -0.25) is 4.90 Å². The van der Waals surface area contributed by atoms with Crippen molar-refractivity contribution < 1.29 is 0 Å². The van der Waals surface area contributed by atoms with Crippen LogP contribution in [0.1, 0.15) is 33.6 Å². The van der Waals surface area contributed by atoms with Gasteiger partial charge in [0.2, 0.25) is 0 Å². The van der Waals surface area contributed by atoms with Gasteiger partial charge >= 0.3 is 0 Å². The molecule has 94 valence electrons. The highest BCUT2D eigenvalue weighted by atomic mass is 35.5. The minimum atomic E-state index is 0.632. The maximum absolute atomic E-state index is 5.72. The lowest BCUT2D eigenvalue weighted by Gasteiger charge is -2.36. The summed E-state index contributed by atoms with van der Waals surface area (Å²) in [5.74, 6) is 0.789. The second-order valence-corrected chi connectivity index (χ2v) is 5.16. The van der Waals surface area contributed by atoms with Gasteiger partial charge in [0.25, 0.3) is 0 Å². The van der Waals surface area contributed by atoms with E-state index in [-0.39, 0.29) is 0 Å². The maximum atomic E-state index is 5.72. The van der Waals surface area contributed by atoms with Crippen LogP contribution in [0.5, 0.6) is 0 Å². The van der Waals surface area contributed by atoms with Crippen LogP contribution < -0.4 is 5.32 Å². The van der Waals surface area contributed by atoms with Crippen LogP contribution in [0.4, 0.5) is 0 Å². The number of hydrogen-bond donors (Lipinski definition) is 1. The Kier molecular flexibility index (Phi) is 6.40. The van der Waals surface area contributed by atoms with Crippen molar-refractivity contribution in [1.29, 1.82) is 0 Å². The summed E-state index contributed by atoms with van der Waals surface area (Å²) in [5, 5.41) is 3.54. The Morgan fingerprint density at radius 3 is 3.00 bits per heavy atom. The molecule has 2 atom stereocenters. The molecule has 1 aliphatic heterocycles. The molecule has 1 fully saturated rings. The van der Waals surface area contributed by atoms with Crippen molar-refractivity contribution in [1.82, 2.24) is 10.2 Å². The van der Waals surface area contributed by atoms with Gasteiger partial charge in [0.1, 0.15) is 0 Å². The molecule has 0 aromatic heterocycles. The molecule has 16 heavy (non-hydrogen) atoms. The van der Waals surface area contributed by atoms with Gasteiger partial charge in [-0.25, -0.2) is 0 Å². The van der Waals surface area contributed by atoms with E-state index in [2.05, 4.69) is 31.0 Å². The smallest absolute Gasteiger partial charge is 0.0201 e. The van der Waals surface area contributed by atoms with E-state index in [4.69, 9.17) is 11.6 Å². The molecule has 0 bridgehead atoms. The van der Waals surface area contributed by atoms with Crippen molar-refractivity contribution in [3.05, 3.63) is 11.1 Å². The predicted molar refractivity (Wildman–Crippen MR) is 71.9 cm³/mol. The molecule has 0 aromatic rings. The summed E-state index contributed by atoms with van der Waals surface area (Å²) >= 11 is 5.72. The normalized spacial score (nSPS) is 25.8. The Labute approximate surface area is 105 Å². The van der Waals surface area contributed by atoms with Crippen LogP contribution in [0, 0.1) is 5.92 Å². The van der Waals surface area contributed by atoms with Gasteiger partial charge in [0.15, 0.2) is 0 Å². The van der Waals surface area contributed by atoms with Crippen LogP contribution in [-0.4, -0.2) is 37.1 Å². The third-order valence-corrected chi connectivity index (χ3v) is 3.81. The lowest BCUT2D eigenvalue weighted by atomic mass is 9.91. The minimum Gasteiger partial charge on any atom is -0.314 e. The molecule has 1 N–H and O–H groups in total. The fraction of sp³-hybridized carbons (Fsp3) is 0.846. The lowest BCUT2D eigenvalue weighted by Crippen LogP contribution is -2.44. The minimum absolute atomic E-state index is 0.632. The van der Waals surface area contributed by atoms with E-state index in [0.29, 0.717) is 6.04 Å². The Bertz CT molecular complexity index is 228. The van der Waals surface area contributed by atoms with E-state index >= 15 is 0 Å².